The Bertz CT molecular complexity index is 118. The van der Waals surface area contributed by atoms with Gasteiger partial charge in [0.2, 0.25) is 0 Å². The molecular formula is C21H55N2Y3-3. The van der Waals surface area contributed by atoms with E-state index in [9.17, 15) is 0 Å². The zero-order chi connectivity index (χ0) is 18.3. The third kappa shape index (κ3) is 37.9. The van der Waals surface area contributed by atoms with E-state index < -0.39 is 0 Å². The van der Waals surface area contributed by atoms with Crippen molar-refractivity contribution < 1.29 is 98.1 Å². The average molecular weight is 602 g/mol. The van der Waals surface area contributed by atoms with E-state index in [1.165, 1.54) is 19.5 Å². The summed E-state index contributed by atoms with van der Waals surface area (Å²) in [6, 6.07) is 0. The molecule has 0 saturated carbocycles. The Balaban J connectivity index is -0.0000000188. The zero-order valence-corrected chi connectivity index (χ0v) is 27.7. The Morgan fingerprint density at radius 2 is 0.885 bits per heavy atom. The molecule has 0 N–H and O–H groups in total. The van der Waals surface area contributed by atoms with Crippen LogP contribution in [0.15, 0.2) is 0 Å². The van der Waals surface area contributed by atoms with E-state index in [1.54, 1.807) is 6.92 Å². The molecule has 26 heavy (non-hydrogen) atoms. The van der Waals surface area contributed by atoms with Crippen molar-refractivity contribution in [2.45, 2.75) is 111 Å². The van der Waals surface area contributed by atoms with Gasteiger partial charge < -0.3 is 16.7 Å². The molecule has 3 radical (unpaired) electrons. The number of nitrogens with zero attached hydrogens (tertiary/aromatic N) is 2. The van der Waals surface area contributed by atoms with Crippen LogP contribution in [0.25, 0.3) is 0 Å². The first-order valence-corrected chi connectivity index (χ1v) is 9.14. The first-order valence-electron chi connectivity index (χ1n) is 9.14. The second kappa shape index (κ2) is 70.5. The van der Waals surface area contributed by atoms with Crippen molar-refractivity contribution in [3.8, 4) is 0 Å². The molecule has 1 heterocycles. The molecule has 1 aliphatic rings. The predicted octanol–water partition coefficient (Wildman–Crippen LogP) is 7.91. The normalized spacial score (nSPS) is 11.0. The van der Waals surface area contributed by atoms with Gasteiger partial charge in [0.1, 0.15) is 0 Å². The topological polar surface area (TPSA) is 6.48 Å². The van der Waals surface area contributed by atoms with Gasteiger partial charge in [-0.15, -0.1) is 0 Å². The van der Waals surface area contributed by atoms with E-state index in [0.29, 0.717) is 6.17 Å². The minimum absolute atomic E-state index is 0. The Kier molecular flexibility index (Phi) is 171. The Morgan fingerprint density at radius 1 is 0.692 bits per heavy atom. The van der Waals surface area contributed by atoms with Crippen LogP contribution in [0.2, 0.25) is 0 Å². The fourth-order valence-corrected chi connectivity index (χ4v) is 1.79. The van der Waals surface area contributed by atoms with Gasteiger partial charge in [0.15, 0.2) is 0 Å². The molecular weight excluding hydrogens is 547 g/mol. The summed E-state index contributed by atoms with van der Waals surface area (Å²) in [5, 5.41) is 0. The monoisotopic (exact) mass is 602 g/mol. The van der Waals surface area contributed by atoms with Gasteiger partial charge in [0.05, 0.1) is 0 Å². The maximum atomic E-state index is 3.25. The number of hydrogen-bond donors (Lipinski definition) is 0. The molecule has 0 amide bonds. The van der Waals surface area contributed by atoms with Crippen LogP contribution < -0.4 is 0 Å². The molecule has 0 unspecified atom stereocenters. The summed E-state index contributed by atoms with van der Waals surface area (Å²) >= 11 is 0. The average Bonchev–Trinajstić information content (AvgIpc) is 3.05. The van der Waals surface area contributed by atoms with Crippen LogP contribution in [0.5, 0.6) is 0 Å². The van der Waals surface area contributed by atoms with Crippen LogP contribution in [0.4, 0.5) is 0 Å². The third-order valence-corrected chi connectivity index (χ3v) is 2.41. The van der Waals surface area contributed by atoms with Gasteiger partial charge in [-0.25, -0.2) is 0 Å². The largest absolute Gasteiger partial charge is 0.443 e. The fraction of sp³-hybridized carbons (Fsp3) is 0.857. The molecule has 0 bridgehead atoms. The summed E-state index contributed by atoms with van der Waals surface area (Å²) in [6.45, 7) is 34.2. The fourth-order valence-electron chi connectivity index (χ4n) is 1.79. The molecule has 0 spiro atoms. The second-order valence-electron chi connectivity index (χ2n) is 2.88. The summed E-state index contributed by atoms with van der Waals surface area (Å²) in [6.07, 6.45) is 1.82. The summed E-state index contributed by atoms with van der Waals surface area (Å²) in [4.78, 5) is 4.81. The first kappa shape index (κ1) is 63.0. The van der Waals surface area contributed by atoms with Crippen molar-refractivity contribution >= 4 is 0 Å². The quantitative estimate of drug-likeness (QED) is 0.303. The van der Waals surface area contributed by atoms with E-state index in [-0.39, 0.29) is 113 Å². The molecule has 5 heteroatoms. The molecule has 0 aromatic rings. The van der Waals surface area contributed by atoms with Gasteiger partial charge in [0, 0.05) is 104 Å². The van der Waals surface area contributed by atoms with Crippen molar-refractivity contribution in [3.05, 3.63) is 20.0 Å². The van der Waals surface area contributed by atoms with Crippen LogP contribution >= 0.6 is 0 Å². The van der Waals surface area contributed by atoms with E-state index >= 15 is 0 Å². The molecule has 161 valence electrons. The molecule has 1 rings (SSSR count). The molecule has 0 aromatic heterocycles. The Labute approximate surface area is 248 Å². The molecule has 0 aromatic carbocycles. The van der Waals surface area contributed by atoms with E-state index in [0.717, 1.165) is 0 Å². The van der Waals surface area contributed by atoms with Crippen molar-refractivity contribution in [1.82, 2.24) is 9.80 Å². The summed E-state index contributed by atoms with van der Waals surface area (Å²) in [5.41, 5.74) is 0. The maximum absolute atomic E-state index is 3.25. The summed E-state index contributed by atoms with van der Waals surface area (Å²) in [5.74, 6) is 0. The molecule has 1 saturated heterocycles. The van der Waals surface area contributed by atoms with Gasteiger partial charge in [-0.2, -0.15) is 20.8 Å². The number of rotatable bonds is 3. The van der Waals surface area contributed by atoms with Crippen molar-refractivity contribution in [2.24, 2.45) is 0 Å². The zero-order valence-electron chi connectivity index (χ0n) is 19.2. The van der Waals surface area contributed by atoms with E-state index in [2.05, 4.69) is 50.6 Å². The van der Waals surface area contributed by atoms with Gasteiger partial charge in [0.25, 0.3) is 0 Å². The molecule has 1 fully saturated rings. The molecule has 2 nitrogen and oxygen atoms in total. The van der Waals surface area contributed by atoms with Gasteiger partial charge in [-0.3, -0.25) is 13.1 Å². The molecule has 1 aliphatic heterocycles. The van der Waals surface area contributed by atoms with Crippen molar-refractivity contribution in [1.29, 1.82) is 0 Å². The van der Waals surface area contributed by atoms with Crippen LogP contribution in [0.1, 0.15) is 104 Å². The third-order valence-electron chi connectivity index (χ3n) is 2.41. The maximum Gasteiger partial charge on any atom is 0.00727 e. The van der Waals surface area contributed by atoms with Gasteiger partial charge >= 0.3 is 0 Å². The van der Waals surface area contributed by atoms with Crippen molar-refractivity contribution in [2.75, 3.05) is 13.1 Å². The Morgan fingerprint density at radius 3 is 1.00 bits per heavy atom. The minimum Gasteiger partial charge on any atom is -0.443 e. The Hall–Kier alpha value is 3.23. The summed E-state index contributed by atoms with van der Waals surface area (Å²) < 4.78 is 0. The summed E-state index contributed by atoms with van der Waals surface area (Å²) in [7, 11) is 0. The standard InChI is InChI=1S/C9H18N2.4C2H6.C2H5.2CH4.3Y/c1-4-9-10(5-2)7-8-11(9)6-3;5*1-2;;;;;/h5-6,9H,4,7-8H2,1-3H3;4*1-2H3;1H2,2H3;2*1H4;;;/q-2;;;;;-1;;;;;. The van der Waals surface area contributed by atoms with Crippen LogP contribution in [0.3, 0.4) is 0 Å². The van der Waals surface area contributed by atoms with E-state index in [4.69, 9.17) is 0 Å². The van der Waals surface area contributed by atoms with Crippen LogP contribution in [0, 0.1) is 20.0 Å². The second-order valence-corrected chi connectivity index (χ2v) is 2.88. The van der Waals surface area contributed by atoms with E-state index in [1.807, 2.05) is 55.4 Å². The van der Waals surface area contributed by atoms with Crippen molar-refractivity contribution in [3.63, 3.8) is 0 Å². The van der Waals surface area contributed by atoms with Crippen LogP contribution in [-0.2, 0) is 98.1 Å². The minimum atomic E-state index is 0. The van der Waals surface area contributed by atoms with Crippen LogP contribution in [-0.4, -0.2) is 29.1 Å². The SMILES string of the molecule is C.C.CC.CC.CC.CC.C[CH-]N1CCN([CH-]C)C1CC.[CH2-]C.[Y].[Y].[Y]. The first-order chi connectivity index (χ1) is 10.3. The van der Waals surface area contributed by atoms with Gasteiger partial charge in [-0.1, -0.05) is 77.2 Å². The van der Waals surface area contributed by atoms with Gasteiger partial charge in [-0.05, 0) is 19.5 Å². The smallest absolute Gasteiger partial charge is 0.00727 e. The molecule has 0 atom stereocenters. The molecule has 0 aliphatic carbocycles. The predicted molar refractivity (Wildman–Crippen MR) is 117 cm³/mol. The number of hydrogen-bond acceptors (Lipinski definition) is 2.